The summed E-state index contributed by atoms with van der Waals surface area (Å²) in [5, 5.41) is 10.4. The Morgan fingerprint density at radius 3 is 2.47 bits per heavy atom. The van der Waals surface area contributed by atoms with Crippen LogP contribution in [0.15, 0.2) is 55.1 Å². The molecule has 10 nitrogen and oxygen atoms in total. The van der Waals surface area contributed by atoms with Gasteiger partial charge in [-0.05, 0) is 42.5 Å². The monoisotopic (exact) mass is 437 g/mol. The van der Waals surface area contributed by atoms with Gasteiger partial charge in [0.1, 0.15) is 24.2 Å². The quantitative estimate of drug-likeness (QED) is 0.600. The van der Waals surface area contributed by atoms with Crippen molar-refractivity contribution in [2.24, 2.45) is 0 Å². The lowest BCUT2D eigenvalue weighted by Gasteiger charge is -2.26. The number of anilines is 1. The fraction of sp³-hybridized carbons (Fsp3) is 0.273. The molecule has 0 aliphatic carbocycles. The molecule has 32 heavy (non-hydrogen) atoms. The average Bonchev–Trinajstić information content (AvgIpc) is 3.38. The maximum atomic E-state index is 12.8. The number of ether oxygens (including phenoxy) is 3. The third-order valence-electron chi connectivity index (χ3n) is 4.99. The summed E-state index contributed by atoms with van der Waals surface area (Å²) in [7, 11) is 1.54. The molecule has 1 aliphatic heterocycles. The van der Waals surface area contributed by atoms with Gasteiger partial charge in [0.2, 0.25) is 0 Å². The predicted molar refractivity (Wildman–Crippen MR) is 115 cm³/mol. The molecule has 2 amide bonds. The maximum Gasteiger partial charge on any atom is 0.260 e. The first-order valence-corrected chi connectivity index (χ1v) is 10.1. The van der Waals surface area contributed by atoms with Gasteiger partial charge in [-0.2, -0.15) is 0 Å². The summed E-state index contributed by atoms with van der Waals surface area (Å²) < 4.78 is 17.9. The van der Waals surface area contributed by atoms with Gasteiger partial charge in [0.25, 0.3) is 11.8 Å². The van der Waals surface area contributed by atoms with Gasteiger partial charge in [0, 0.05) is 18.7 Å². The lowest BCUT2D eigenvalue weighted by molar-refractivity contribution is -0.137. The van der Waals surface area contributed by atoms with E-state index >= 15 is 0 Å². The van der Waals surface area contributed by atoms with E-state index in [1.807, 2.05) is 6.07 Å². The first kappa shape index (κ1) is 21.3. The summed E-state index contributed by atoms with van der Waals surface area (Å²) in [6.45, 7) is 2.18. The molecular formula is C22H23N5O5. The molecule has 3 aromatic rings. The van der Waals surface area contributed by atoms with E-state index in [-0.39, 0.29) is 18.4 Å². The zero-order valence-corrected chi connectivity index (χ0v) is 17.6. The van der Waals surface area contributed by atoms with E-state index in [9.17, 15) is 9.59 Å². The van der Waals surface area contributed by atoms with Crippen LogP contribution in [0.25, 0.3) is 5.69 Å². The Kier molecular flexibility index (Phi) is 6.61. The van der Waals surface area contributed by atoms with E-state index in [1.165, 1.54) is 7.11 Å². The lowest BCUT2D eigenvalue weighted by Crippen LogP contribution is -2.42. The molecule has 0 atom stereocenters. The topological polar surface area (TPSA) is 108 Å². The number of hydrogen-bond acceptors (Lipinski definition) is 7. The Hall–Kier alpha value is -3.92. The number of benzene rings is 2. The lowest BCUT2D eigenvalue weighted by atomic mass is 10.2. The number of morpholine rings is 1. The summed E-state index contributed by atoms with van der Waals surface area (Å²) in [6, 6.07) is 12.0. The number of rotatable bonds is 7. The molecule has 1 saturated heterocycles. The van der Waals surface area contributed by atoms with Crippen molar-refractivity contribution >= 4 is 17.5 Å². The number of carbonyl (C=O) groups excluding carboxylic acids is 2. The molecule has 0 bridgehead atoms. The van der Waals surface area contributed by atoms with Crippen molar-refractivity contribution in [3.63, 3.8) is 0 Å². The summed E-state index contributed by atoms with van der Waals surface area (Å²) in [5.74, 6) is 0.641. The molecule has 10 heteroatoms. The third kappa shape index (κ3) is 5.03. The molecule has 0 saturated carbocycles. The van der Waals surface area contributed by atoms with Gasteiger partial charge in [-0.3, -0.25) is 14.2 Å². The molecule has 2 aromatic carbocycles. The molecular weight excluding hydrogens is 414 g/mol. The molecule has 1 N–H and O–H groups in total. The van der Waals surface area contributed by atoms with Crippen molar-refractivity contribution in [2.45, 2.75) is 0 Å². The van der Waals surface area contributed by atoms with Gasteiger partial charge >= 0.3 is 0 Å². The molecule has 0 spiro atoms. The zero-order valence-electron chi connectivity index (χ0n) is 17.6. The van der Waals surface area contributed by atoms with Crippen LogP contribution in [0.3, 0.4) is 0 Å². The normalized spacial score (nSPS) is 13.5. The Bertz CT molecular complexity index is 1060. The summed E-state index contributed by atoms with van der Waals surface area (Å²) in [4.78, 5) is 26.7. The van der Waals surface area contributed by atoms with E-state index in [0.717, 1.165) is 5.69 Å². The highest BCUT2D eigenvalue weighted by atomic mass is 16.5. The van der Waals surface area contributed by atoms with Gasteiger partial charge in [-0.1, -0.05) is 0 Å². The highest BCUT2D eigenvalue weighted by molar-refractivity contribution is 6.05. The number of nitrogens with one attached hydrogen (secondary N) is 1. The number of aromatic nitrogens is 3. The molecule has 1 fully saturated rings. The van der Waals surface area contributed by atoms with Gasteiger partial charge in [0.05, 0.1) is 31.7 Å². The van der Waals surface area contributed by atoms with E-state index in [0.29, 0.717) is 49.1 Å². The van der Waals surface area contributed by atoms with E-state index < -0.39 is 0 Å². The minimum atomic E-state index is -0.305. The van der Waals surface area contributed by atoms with Gasteiger partial charge in [-0.15, -0.1) is 10.2 Å². The number of amides is 2. The molecule has 0 unspecified atom stereocenters. The van der Waals surface area contributed by atoms with Crippen molar-refractivity contribution in [1.82, 2.24) is 19.7 Å². The van der Waals surface area contributed by atoms with Crippen LogP contribution in [0.5, 0.6) is 11.5 Å². The highest BCUT2D eigenvalue weighted by Crippen LogP contribution is 2.27. The van der Waals surface area contributed by atoms with Crippen LogP contribution in [0, 0.1) is 0 Å². The summed E-state index contributed by atoms with van der Waals surface area (Å²) in [6.07, 6.45) is 3.13. The number of hydrogen-bond donors (Lipinski definition) is 1. The van der Waals surface area contributed by atoms with Crippen LogP contribution in [-0.2, 0) is 9.53 Å². The smallest absolute Gasteiger partial charge is 0.260 e. The molecule has 4 rings (SSSR count). The van der Waals surface area contributed by atoms with Gasteiger partial charge in [-0.25, -0.2) is 0 Å². The fourth-order valence-corrected chi connectivity index (χ4v) is 3.23. The first-order chi connectivity index (χ1) is 15.6. The van der Waals surface area contributed by atoms with E-state index in [1.54, 1.807) is 58.5 Å². The minimum Gasteiger partial charge on any atom is -0.495 e. The van der Waals surface area contributed by atoms with Crippen LogP contribution >= 0.6 is 0 Å². The van der Waals surface area contributed by atoms with Crippen molar-refractivity contribution in [3.05, 3.63) is 60.7 Å². The second-order valence-electron chi connectivity index (χ2n) is 7.01. The van der Waals surface area contributed by atoms with Crippen molar-refractivity contribution in [1.29, 1.82) is 0 Å². The van der Waals surface area contributed by atoms with Crippen molar-refractivity contribution in [3.8, 4) is 17.2 Å². The van der Waals surface area contributed by atoms with Crippen LogP contribution in [0.4, 0.5) is 5.69 Å². The number of carbonyl (C=O) groups is 2. The summed E-state index contributed by atoms with van der Waals surface area (Å²) >= 11 is 0. The Balaban J connectivity index is 1.38. The van der Waals surface area contributed by atoms with Crippen LogP contribution in [0.1, 0.15) is 10.4 Å². The molecule has 2 heterocycles. The maximum absolute atomic E-state index is 12.8. The SMILES string of the molecule is COc1ccc(-n2cnnc2)cc1NC(=O)c1ccc(OCC(=O)N2CCOCC2)cc1. The van der Waals surface area contributed by atoms with Crippen LogP contribution in [0.2, 0.25) is 0 Å². The predicted octanol–water partition coefficient (Wildman–Crippen LogP) is 1.77. The Morgan fingerprint density at radius 1 is 1.06 bits per heavy atom. The standard InChI is InChI=1S/C22H23N5O5/c1-30-20-7-4-17(27-14-23-24-15-27)12-19(20)25-22(29)16-2-5-18(6-3-16)32-13-21(28)26-8-10-31-11-9-26/h2-7,12,14-15H,8-11,13H2,1H3,(H,25,29). The largest absolute Gasteiger partial charge is 0.495 e. The molecule has 1 aliphatic rings. The second-order valence-corrected chi connectivity index (χ2v) is 7.01. The Labute approximate surface area is 184 Å². The number of methoxy groups -OCH3 is 1. The van der Waals surface area contributed by atoms with Gasteiger partial charge < -0.3 is 24.4 Å². The first-order valence-electron chi connectivity index (χ1n) is 10.1. The summed E-state index contributed by atoms with van der Waals surface area (Å²) in [5.41, 5.74) is 1.73. The van der Waals surface area contributed by atoms with E-state index in [2.05, 4.69) is 15.5 Å². The Morgan fingerprint density at radius 2 is 1.78 bits per heavy atom. The second kappa shape index (κ2) is 9.92. The van der Waals surface area contributed by atoms with E-state index in [4.69, 9.17) is 14.2 Å². The molecule has 166 valence electrons. The average molecular weight is 437 g/mol. The number of nitrogens with zero attached hydrogens (tertiary/aromatic N) is 4. The van der Waals surface area contributed by atoms with Crippen LogP contribution in [-0.4, -0.2) is 71.5 Å². The zero-order chi connectivity index (χ0) is 22.3. The van der Waals surface area contributed by atoms with Crippen molar-refractivity contribution < 1.29 is 23.8 Å². The van der Waals surface area contributed by atoms with Gasteiger partial charge in [0.15, 0.2) is 6.61 Å². The van der Waals surface area contributed by atoms with Crippen molar-refractivity contribution in [2.75, 3.05) is 45.3 Å². The highest BCUT2D eigenvalue weighted by Gasteiger charge is 2.17. The minimum absolute atomic E-state index is 0.0569. The molecule has 0 radical (unpaired) electrons. The van der Waals surface area contributed by atoms with Crippen LogP contribution < -0.4 is 14.8 Å². The third-order valence-corrected chi connectivity index (χ3v) is 4.99. The molecule has 1 aromatic heterocycles. The fourth-order valence-electron chi connectivity index (χ4n) is 3.23.